The summed E-state index contributed by atoms with van der Waals surface area (Å²) in [6.45, 7) is 3.60. The number of halogens is 2. The third kappa shape index (κ3) is 5.16. The summed E-state index contributed by atoms with van der Waals surface area (Å²) in [5.41, 5.74) is -0.757. The molecule has 0 aromatic heterocycles. The van der Waals surface area contributed by atoms with Crippen molar-refractivity contribution in [1.82, 2.24) is 4.72 Å². The van der Waals surface area contributed by atoms with Crippen molar-refractivity contribution in [2.24, 2.45) is 0 Å². The van der Waals surface area contributed by atoms with Crippen LogP contribution in [0.4, 0.5) is 8.78 Å². The molecule has 140 valence electrons. The number of hydrogen-bond acceptors (Lipinski definition) is 5. The van der Waals surface area contributed by atoms with Crippen molar-refractivity contribution in [1.29, 1.82) is 0 Å². The average Bonchev–Trinajstić information content (AvgIpc) is 2.50. The Morgan fingerprint density at radius 1 is 1.04 bits per heavy atom. The lowest BCUT2D eigenvalue weighted by molar-refractivity contribution is 0.0977. The van der Waals surface area contributed by atoms with Crippen molar-refractivity contribution < 1.29 is 31.5 Å². The maximum absolute atomic E-state index is 14.2. The Kier molecular flexibility index (Phi) is 5.81. The van der Waals surface area contributed by atoms with Crippen LogP contribution >= 0.6 is 0 Å². The van der Waals surface area contributed by atoms with Crippen molar-refractivity contribution in [3.05, 3.63) is 53.6 Å². The first-order valence-corrected chi connectivity index (χ1v) is 9.40. The molecule has 0 fully saturated rings. The van der Waals surface area contributed by atoms with Crippen molar-refractivity contribution in [2.45, 2.75) is 20.0 Å². The third-order valence-corrected chi connectivity index (χ3v) is 3.53. The van der Waals surface area contributed by atoms with E-state index in [0.29, 0.717) is 17.9 Å². The van der Waals surface area contributed by atoms with Crippen LogP contribution in [-0.4, -0.2) is 26.7 Å². The molecule has 0 unspecified atom stereocenters. The molecule has 0 spiro atoms. The Hall–Kier alpha value is -2.68. The normalized spacial score (nSPS) is 11.3. The molecule has 1 amide bonds. The zero-order valence-electron chi connectivity index (χ0n) is 14.2. The maximum Gasteiger partial charge on any atom is 0.267 e. The Bertz CT molecular complexity index is 929. The fourth-order valence-corrected chi connectivity index (χ4v) is 2.46. The lowest BCUT2D eigenvalue weighted by atomic mass is 10.2. The predicted octanol–water partition coefficient (Wildman–Crippen LogP) is 3.23. The summed E-state index contributed by atoms with van der Waals surface area (Å²) in [5, 5.41) is 0. The first-order valence-electron chi connectivity index (χ1n) is 7.51. The number of amides is 1. The quantitative estimate of drug-likeness (QED) is 0.826. The Morgan fingerprint density at radius 2 is 1.65 bits per heavy atom. The SMILES string of the molecule is CC(C)Oc1ccccc1Oc1cc(F)c(C(=O)NS(C)(=O)=O)cc1F. The second-order valence-electron chi connectivity index (χ2n) is 5.68. The summed E-state index contributed by atoms with van der Waals surface area (Å²) in [6.07, 6.45) is 0.561. The summed E-state index contributed by atoms with van der Waals surface area (Å²) in [7, 11) is -3.91. The van der Waals surface area contributed by atoms with Crippen molar-refractivity contribution in [2.75, 3.05) is 6.26 Å². The van der Waals surface area contributed by atoms with E-state index in [0.717, 1.165) is 6.26 Å². The molecule has 2 aromatic rings. The zero-order valence-corrected chi connectivity index (χ0v) is 15.1. The van der Waals surface area contributed by atoms with Gasteiger partial charge in [-0.05, 0) is 32.0 Å². The Labute approximate surface area is 149 Å². The fraction of sp³-hybridized carbons (Fsp3) is 0.235. The molecule has 1 N–H and O–H groups in total. The summed E-state index contributed by atoms with van der Waals surface area (Å²) in [4.78, 5) is 11.7. The molecule has 0 heterocycles. The van der Waals surface area contributed by atoms with Crippen LogP contribution < -0.4 is 14.2 Å². The lowest BCUT2D eigenvalue weighted by Crippen LogP contribution is -2.30. The number of nitrogens with one attached hydrogen (secondary N) is 1. The molecule has 2 rings (SSSR count). The molecule has 0 saturated carbocycles. The lowest BCUT2D eigenvalue weighted by Gasteiger charge is -2.15. The van der Waals surface area contributed by atoms with Gasteiger partial charge in [-0.25, -0.2) is 21.9 Å². The van der Waals surface area contributed by atoms with Crippen LogP contribution in [0.1, 0.15) is 24.2 Å². The summed E-state index contributed by atoms with van der Waals surface area (Å²) in [6, 6.07) is 7.68. The van der Waals surface area contributed by atoms with E-state index in [1.165, 1.54) is 6.07 Å². The third-order valence-electron chi connectivity index (χ3n) is 2.98. The number of carbonyl (C=O) groups excluding carboxylic acids is 1. The molecular weight excluding hydrogens is 368 g/mol. The van der Waals surface area contributed by atoms with Crippen LogP contribution in [0.2, 0.25) is 0 Å². The minimum Gasteiger partial charge on any atom is -0.487 e. The fourth-order valence-electron chi connectivity index (χ4n) is 2.01. The predicted molar refractivity (Wildman–Crippen MR) is 90.9 cm³/mol. The Balaban J connectivity index is 2.33. The number of sulfonamides is 1. The Morgan fingerprint density at radius 3 is 2.23 bits per heavy atom. The molecule has 0 aliphatic rings. The maximum atomic E-state index is 14.2. The summed E-state index contributed by atoms with van der Waals surface area (Å²) >= 11 is 0. The molecule has 0 radical (unpaired) electrons. The van der Waals surface area contributed by atoms with Crippen LogP contribution in [0.15, 0.2) is 36.4 Å². The summed E-state index contributed by atoms with van der Waals surface area (Å²) in [5.74, 6) is -3.43. The van der Waals surface area contributed by atoms with E-state index in [9.17, 15) is 22.0 Å². The average molecular weight is 385 g/mol. The largest absolute Gasteiger partial charge is 0.487 e. The minimum absolute atomic E-state index is 0.160. The van der Waals surface area contributed by atoms with E-state index >= 15 is 0 Å². The standard InChI is InChI=1S/C17H17F2NO5S/c1-10(2)24-14-6-4-5-7-15(14)25-16-9-12(18)11(8-13(16)19)17(21)20-26(3,22)23/h4-10H,1-3H3,(H,20,21). The van der Waals surface area contributed by atoms with Crippen LogP contribution in [-0.2, 0) is 10.0 Å². The number of rotatable bonds is 6. The van der Waals surface area contributed by atoms with Gasteiger partial charge in [-0.1, -0.05) is 12.1 Å². The smallest absolute Gasteiger partial charge is 0.267 e. The van der Waals surface area contributed by atoms with E-state index in [2.05, 4.69) is 0 Å². The van der Waals surface area contributed by atoms with Gasteiger partial charge in [0.15, 0.2) is 23.1 Å². The van der Waals surface area contributed by atoms with Gasteiger partial charge in [-0.3, -0.25) is 4.79 Å². The van der Waals surface area contributed by atoms with Crippen LogP contribution in [0.5, 0.6) is 17.2 Å². The highest BCUT2D eigenvalue weighted by Crippen LogP contribution is 2.34. The van der Waals surface area contributed by atoms with Gasteiger partial charge in [-0.2, -0.15) is 0 Å². The molecule has 0 atom stereocenters. The second-order valence-corrected chi connectivity index (χ2v) is 7.43. The second kappa shape index (κ2) is 7.69. The van der Waals surface area contributed by atoms with Gasteiger partial charge in [0, 0.05) is 6.07 Å². The first-order chi connectivity index (χ1) is 12.1. The van der Waals surface area contributed by atoms with Gasteiger partial charge in [0.1, 0.15) is 5.82 Å². The molecular formula is C17H17F2NO5S. The van der Waals surface area contributed by atoms with E-state index in [-0.39, 0.29) is 11.9 Å². The molecule has 0 aliphatic heterocycles. The van der Waals surface area contributed by atoms with E-state index < -0.39 is 38.9 Å². The monoisotopic (exact) mass is 385 g/mol. The number of carbonyl (C=O) groups is 1. The minimum atomic E-state index is -3.91. The number of para-hydroxylation sites is 2. The highest BCUT2D eigenvalue weighted by Gasteiger charge is 2.20. The van der Waals surface area contributed by atoms with Gasteiger partial charge in [0.2, 0.25) is 10.0 Å². The van der Waals surface area contributed by atoms with Crippen molar-refractivity contribution in [3.63, 3.8) is 0 Å². The van der Waals surface area contributed by atoms with Crippen LogP contribution in [0.25, 0.3) is 0 Å². The topological polar surface area (TPSA) is 81.7 Å². The summed E-state index contributed by atoms with van der Waals surface area (Å²) < 4.78 is 63.0. The van der Waals surface area contributed by atoms with Crippen LogP contribution in [0.3, 0.4) is 0 Å². The molecule has 0 aliphatic carbocycles. The van der Waals surface area contributed by atoms with Gasteiger partial charge >= 0.3 is 0 Å². The molecule has 6 nitrogen and oxygen atoms in total. The molecule has 26 heavy (non-hydrogen) atoms. The number of ether oxygens (including phenoxy) is 2. The highest BCUT2D eigenvalue weighted by molar-refractivity contribution is 7.89. The molecule has 2 aromatic carbocycles. The van der Waals surface area contributed by atoms with Crippen LogP contribution in [0, 0.1) is 11.6 Å². The van der Waals surface area contributed by atoms with E-state index in [4.69, 9.17) is 9.47 Å². The van der Waals surface area contributed by atoms with Gasteiger partial charge < -0.3 is 9.47 Å². The molecule has 0 bridgehead atoms. The number of hydrogen-bond donors (Lipinski definition) is 1. The van der Waals surface area contributed by atoms with E-state index in [1.807, 2.05) is 0 Å². The van der Waals surface area contributed by atoms with Gasteiger partial charge in [0.25, 0.3) is 5.91 Å². The first kappa shape index (κ1) is 19.6. The molecule has 9 heteroatoms. The molecule has 0 saturated heterocycles. The number of benzene rings is 2. The van der Waals surface area contributed by atoms with E-state index in [1.54, 1.807) is 36.8 Å². The van der Waals surface area contributed by atoms with Gasteiger partial charge in [0.05, 0.1) is 17.9 Å². The van der Waals surface area contributed by atoms with Crippen molar-refractivity contribution >= 4 is 15.9 Å². The highest BCUT2D eigenvalue weighted by atomic mass is 32.2. The van der Waals surface area contributed by atoms with Crippen molar-refractivity contribution in [3.8, 4) is 17.2 Å². The van der Waals surface area contributed by atoms with Gasteiger partial charge in [-0.15, -0.1) is 0 Å². The zero-order chi connectivity index (χ0) is 19.5.